The molecule has 2 heterocycles. The number of carboxylic acids is 1. The van der Waals surface area contributed by atoms with Gasteiger partial charge >= 0.3 is 12.1 Å². The second-order valence-corrected chi connectivity index (χ2v) is 9.08. The number of amides is 3. The van der Waals surface area contributed by atoms with Crippen molar-refractivity contribution in [2.75, 3.05) is 26.2 Å². The van der Waals surface area contributed by atoms with Crippen LogP contribution in [0.3, 0.4) is 0 Å². The summed E-state index contributed by atoms with van der Waals surface area (Å²) in [4.78, 5) is 50.7. The van der Waals surface area contributed by atoms with Crippen molar-refractivity contribution in [1.82, 2.24) is 15.1 Å². The van der Waals surface area contributed by atoms with Crippen molar-refractivity contribution in [3.8, 4) is 0 Å². The van der Waals surface area contributed by atoms with Crippen LogP contribution in [0.1, 0.15) is 46.5 Å². The number of piperidine rings is 1. The maximum atomic E-state index is 12.7. The molecule has 0 aromatic carbocycles. The van der Waals surface area contributed by atoms with Gasteiger partial charge in [0.15, 0.2) is 0 Å². The number of nitrogens with two attached hydrogens (primary N) is 1. The first kappa shape index (κ1) is 25.2. The topological polar surface area (TPSA) is 142 Å². The zero-order valence-electron chi connectivity index (χ0n) is 19.0. The maximum absolute atomic E-state index is 12.7. The van der Waals surface area contributed by atoms with Gasteiger partial charge in [-0.25, -0.2) is 4.79 Å². The third-order valence-electron chi connectivity index (χ3n) is 5.39. The zero-order chi connectivity index (χ0) is 23.9. The number of ether oxygens (including phenoxy) is 1. The predicted octanol–water partition coefficient (Wildman–Crippen LogP) is 1.22. The van der Waals surface area contributed by atoms with Gasteiger partial charge in [0, 0.05) is 26.2 Å². The molecule has 1 unspecified atom stereocenters. The number of rotatable bonds is 8. The van der Waals surface area contributed by atoms with E-state index in [1.807, 2.05) is 20.8 Å². The molecule has 1 saturated heterocycles. The van der Waals surface area contributed by atoms with Crippen molar-refractivity contribution < 1.29 is 29.0 Å². The van der Waals surface area contributed by atoms with Gasteiger partial charge in [0.2, 0.25) is 5.91 Å². The van der Waals surface area contributed by atoms with Crippen LogP contribution in [0.15, 0.2) is 23.9 Å². The highest BCUT2D eigenvalue weighted by Gasteiger charge is 2.30. The molecule has 0 saturated carbocycles. The van der Waals surface area contributed by atoms with Crippen LogP contribution < -0.4 is 11.1 Å². The van der Waals surface area contributed by atoms with Crippen molar-refractivity contribution in [1.29, 1.82) is 0 Å². The molecular weight excluding hydrogens is 416 g/mol. The summed E-state index contributed by atoms with van der Waals surface area (Å²) in [5.74, 6) is -1.69. The zero-order valence-corrected chi connectivity index (χ0v) is 19.0. The van der Waals surface area contributed by atoms with Crippen LogP contribution in [0.5, 0.6) is 0 Å². The van der Waals surface area contributed by atoms with Crippen LogP contribution in [0.2, 0.25) is 0 Å². The maximum Gasteiger partial charge on any atom is 0.410 e. The standard InChI is InChI=1S/C22H34N4O6/c1-22(2,3)32-21(31)25-12-8-15(9-13-25)7-11-24-20(30)17-6-4-5-16(19(23)29)26(17)14-10-18(27)28/h4-6,15-16H,7-14H2,1-3H3,(H2,23,29)(H,24,30)(H,27,28). The van der Waals surface area contributed by atoms with E-state index in [2.05, 4.69) is 5.32 Å². The largest absolute Gasteiger partial charge is 0.481 e. The van der Waals surface area contributed by atoms with Gasteiger partial charge in [-0.2, -0.15) is 0 Å². The molecule has 0 aromatic heterocycles. The molecule has 2 rings (SSSR count). The molecule has 1 fully saturated rings. The molecule has 0 bridgehead atoms. The summed E-state index contributed by atoms with van der Waals surface area (Å²) >= 11 is 0. The van der Waals surface area contributed by atoms with Gasteiger partial charge < -0.3 is 30.7 Å². The molecule has 0 spiro atoms. The molecule has 10 nitrogen and oxygen atoms in total. The Hall–Kier alpha value is -3.04. The smallest absolute Gasteiger partial charge is 0.410 e. The molecule has 178 valence electrons. The quantitative estimate of drug-likeness (QED) is 0.505. The Balaban J connectivity index is 1.82. The van der Waals surface area contributed by atoms with Crippen LogP contribution in [0.25, 0.3) is 0 Å². The molecule has 3 amide bonds. The lowest BCUT2D eigenvalue weighted by molar-refractivity contribution is -0.138. The lowest BCUT2D eigenvalue weighted by Crippen LogP contribution is -2.48. The van der Waals surface area contributed by atoms with Crippen LogP contribution in [-0.2, 0) is 19.1 Å². The van der Waals surface area contributed by atoms with Gasteiger partial charge in [0.05, 0.1) is 6.42 Å². The van der Waals surface area contributed by atoms with E-state index >= 15 is 0 Å². The Morgan fingerprint density at radius 3 is 2.44 bits per heavy atom. The summed E-state index contributed by atoms with van der Waals surface area (Å²) in [6, 6.07) is -0.864. The minimum Gasteiger partial charge on any atom is -0.481 e. The van der Waals surface area contributed by atoms with Crippen LogP contribution in [0, 0.1) is 5.92 Å². The number of likely N-dealkylation sites (tertiary alicyclic amines) is 1. The summed E-state index contributed by atoms with van der Waals surface area (Å²) in [7, 11) is 0. The van der Waals surface area contributed by atoms with Gasteiger partial charge in [-0.05, 0) is 52.0 Å². The molecule has 4 N–H and O–H groups in total. The molecular formula is C22H34N4O6. The highest BCUT2D eigenvalue weighted by Crippen LogP contribution is 2.22. The van der Waals surface area contributed by atoms with Gasteiger partial charge in [-0.15, -0.1) is 0 Å². The highest BCUT2D eigenvalue weighted by molar-refractivity contribution is 5.95. The van der Waals surface area contributed by atoms with E-state index in [1.54, 1.807) is 23.1 Å². The molecule has 1 atom stereocenters. The molecule has 0 aliphatic carbocycles. The summed E-state index contributed by atoms with van der Waals surface area (Å²) < 4.78 is 5.41. The van der Waals surface area contributed by atoms with Crippen molar-refractivity contribution in [3.05, 3.63) is 23.9 Å². The molecule has 2 aliphatic heterocycles. The van der Waals surface area contributed by atoms with E-state index < -0.39 is 23.5 Å². The summed E-state index contributed by atoms with van der Waals surface area (Å²) in [6.45, 7) is 7.19. The Morgan fingerprint density at radius 2 is 1.88 bits per heavy atom. The number of nitrogens with zero attached hydrogens (tertiary/aromatic N) is 2. The predicted molar refractivity (Wildman–Crippen MR) is 117 cm³/mol. The summed E-state index contributed by atoms with van der Waals surface area (Å²) in [5.41, 5.74) is 5.11. The number of carboxylic acid groups (broad SMARTS) is 1. The van der Waals surface area contributed by atoms with E-state index in [0.717, 1.165) is 19.3 Å². The third kappa shape index (κ3) is 7.58. The van der Waals surface area contributed by atoms with Crippen LogP contribution >= 0.6 is 0 Å². The van der Waals surface area contributed by atoms with Crippen molar-refractivity contribution in [3.63, 3.8) is 0 Å². The fraction of sp³-hybridized carbons (Fsp3) is 0.636. The van der Waals surface area contributed by atoms with Crippen LogP contribution in [0.4, 0.5) is 4.79 Å². The normalized spacial score (nSPS) is 19.3. The average Bonchev–Trinajstić information content (AvgIpc) is 2.71. The monoisotopic (exact) mass is 450 g/mol. The lowest BCUT2D eigenvalue weighted by Gasteiger charge is -2.34. The van der Waals surface area contributed by atoms with Crippen molar-refractivity contribution in [2.24, 2.45) is 11.7 Å². The second-order valence-electron chi connectivity index (χ2n) is 9.08. The highest BCUT2D eigenvalue weighted by atomic mass is 16.6. The Labute approximate surface area is 188 Å². The number of nitrogens with one attached hydrogen (secondary N) is 1. The number of allylic oxidation sites excluding steroid dienone is 2. The van der Waals surface area contributed by atoms with Gasteiger partial charge in [0.25, 0.3) is 5.91 Å². The minimum atomic E-state index is -1.03. The fourth-order valence-electron chi connectivity index (χ4n) is 3.74. The van der Waals surface area contributed by atoms with Crippen LogP contribution in [-0.4, -0.2) is 76.6 Å². The second kappa shape index (κ2) is 11.0. The Kier molecular flexibility index (Phi) is 8.68. The summed E-state index contributed by atoms with van der Waals surface area (Å²) in [6.07, 6.45) is 6.56. The van der Waals surface area contributed by atoms with E-state index in [4.69, 9.17) is 15.6 Å². The first-order chi connectivity index (χ1) is 15.0. The number of primary amides is 1. The average molecular weight is 451 g/mol. The van der Waals surface area contributed by atoms with Gasteiger partial charge in [-0.3, -0.25) is 14.4 Å². The van der Waals surface area contributed by atoms with Gasteiger partial charge in [0.1, 0.15) is 17.3 Å². The number of hydrogen-bond donors (Lipinski definition) is 3. The third-order valence-corrected chi connectivity index (χ3v) is 5.39. The molecule has 10 heteroatoms. The molecule has 2 aliphatic rings. The lowest BCUT2D eigenvalue weighted by atomic mass is 9.94. The number of aliphatic carboxylic acids is 1. The Morgan fingerprint density at radius 1 is 1.22 bits per heavy atom. The van der Waals surface area contributed by atoms with E-state index in [0.29, 0.717) is 25.6 Å². The molecule has 0 radical (unpaired) electrons. The summed E-state index contributed by atoms with van der Waals surface area (Å²) in [5, 5.41) is 11.8. The molecule has 32 heavy (non-hydrogen) atoms. The molecule has 0 aromatic rings. The van der Waals surface area contributed by atoms with E-state index in [9.17, 15) is 19.2 Å². The van der Waals surface area contributed by atoms with E-state index in [-0.39, 0.29) is 30.7 Å². The fourth-order valence-corrected chi connectivity index (χ4v) is 3.74. The first-order valence-electron chi connectivity index (χ1n) is 10.9. The SMILES string of the molecule is CC(C)(C)OC(=O)N1CCC(CCNC(=O)C2=CC=CC(C(N)=O)N2CCC(=O)O)CC1. The minimum absolute atomic E-state index is 0.00431. The Bertz CT molecular complexity index is 778. The van der Waals surface area contributed by atoms with E-state index in [1.165, 1.54) is 4.90 Å². The number of carbonyl (C=O) groups excluding carboxylic acids is 3. The first-order valence-corrected chi connectivity index (χ1v) is 10.9. The number of carbonyl (C=O) groups is 4. The van der Waals surface area contributed by atoms with Crippen molar-refractivity contribution in [2.45, 2.75) is 58.1 Å². The van der Waals surface area contributed by atoms with Gasteiger partial charge in [-0.1, -0.05) is 12.2 Å². The number of hydrogen-bond acceptors (Lipinski definition) is 6. The van der Waals surface area contributed by atoms with Crippen molar-refractivity contribution >= 4 is 23.9 Å².